The summed E-state index contributed by atoms with van der Waals surface area (Å²) < 4.78 is 11.1. The highest BCUT2D eigenvalue weighted by molar-refractivity contribution is 5.80. The quantitative estimate of drug-likeness (QED) is 0.0252. The molecule has 1 rings (SSSR count). The number of carbonyl (C=O) groups is 1. The Morgan fingerprint density at radius 2 is 1.11 bits per heavy atom. The maximum atomic E-state index is 13.0. The van der Waals surface area contributed by atoms with Gasteiger partial charge in [-0.1, -0.05) is 160 Å². The molecule has 55 heavy (non-hydrogen) atoms. The van der Waals surface area contributed by atoms with Gasteiger partial charge in [-0.2, -0.15) is 0 Å². The van der Waals surface area contributed by atoms with Gasteiger partial charge < -0.3 is 50.5 Å². The third-order valence-electron chi connectivity index (χ3n) is 10.8. The Morgan fingerprint density at radius 1 is 0.636 bits per heavy atom. The summed E-state index contributed by atoms with van der Waals surface area (Å²) in [5.41, 5.74) is 0. The van der Waals surface area contributed by atoms with Crippen molar-refractivity contribution in [2.75, 3.05) is 13.2 Å². The average molecular weight is 786 g/mol. The zero-order valence-corrected chi connectivity index (χ0v) is 34.7. The van der Waals surface area contributed by atoms with Crippen LogP contribution < -0.4 is 5.32 Å². The van der Waals surface area contributed by atoms with Crippen molar-refractivity contribution < 1.29 is 50.0 Å². The lowest BCUT2D eigenvalue weighted by Gasteiger charge is -2.40. The average Bonchev–Trinajstić information content (AvgIpc) is 3.18. The number of nitrogens with one attached hydrogen (secondary N) is 1. The Hall–Kier alpha value is -1.41. The van der Waals surface area contributed by atoms with Gasteiger partial charge in [-0.15, -0.1) is 0 Å². The van der Waals surface area contributed by atoms with Gasteiger partial charge in [0.2, 0.25) is 5.91 Å². The largest absolute Gasteiger partial charge is 0.394 e. The van der Waals surface area contributed by atoms with Gasteiger partial charge in [0.25, 0.3) is 0 Å². The first kappa shape index (κ1) is 51.6. The van der Waals surface area contributed by atoms with Crippen molar-refractivity contribution in [2.24, 2.45) is 0 Å². The number of amides is 1. The number of aliphatic hydroxyl groups excluding tert-OH is 7. The lowest BCUT2D eigenvalue weighted by atomic mass is 9.98. The summed E-state index contributed by atoms with van der Waals surface area (Å²) in [5.74, 6) is -0.707. The molecule has 1 aliphatic rings. The van der Waals surface area contributed by atoms with Crippen LogP contribution in [-0.2, 0) is 14.3 Å². The molecule has 9 unspecified atom stereocenters. The standard InChI is InChI=1S/C44H83NO10/c1-3-5-7-9-11-13-15-17-18-19-20-22-24-26-28-30-32-37(48)43(53)45-35(34-54-44-42(52)41(51)40(50)38(33-46)55-44)39(49)36(47)31-29-27-25-23-21-16-14-12-10-8-6-4-2/h11,13,17-18,35-42,44,46-52H,3-10,12,14-16,19-34H2,1-2H3,(H,45,53)/b13-11-,18-17-. The summed E-state index contributed by atoms with van der Waals surface area (Å²) >= 11 is 0. The van der Waals surface area contributed by atoms with Crippen LogP contribution in [0.2, 0.25) is 0 Å². The molecule has 1 heterocycles. The maximum Gasteiger partial charge on any atom is 0.249 e. The fraction of sp³-hybridized carbons (Fsp3) is 0.886. The summed E-state index contributed by atoms with van der Waals surface area (Å²) in [6.45, 7) is 3.39. The van der Waals surface area contributed by atoms with E-state index in [1.807, 2.05) is 0 Å². The van der Waals surface area contributed by atoms with E-state index in [1.54, 1.807) is 0 Å². The highest BCUT2D eigenvalue weighted by Crippen LogP contribution is 2.23. The van der Waals surface area contributed by atoms with Crippen molar-refractivity contribution >= 4 is 5.91 Å². The summed E-state index contributed by atoms with van der Waals surface area (Å²) in [5, 5.41) is 75.5. The predicted molar refractivity (Wildman–Crippen MR) is 219 cm³/mol. The molecule has 1 aliphatic heterocycles. The molecule has 9 atom stereocenters. The van der Waals surface area contributed by atoms with Gasteiger partial charge in [0.05, 0.1) is 25.4 Å². The molecule has 0 aliphatic carbocycles. The SMILES string of the molecule is CCCCC/C=C\C/C=C\CCCCCCCCC(O)C(=O)NC(COC1OC(CO)C(O)C(O)C1O)C(O)C(O)CCCCCCCCCCCCCC. The lowest BCUT2D eigenvalue weighted by Crippen LogP contribution is -2.60. The van der Waals surface area contributed by atoms with Crippen LogP contribution in [0, 0.1) is 0 Å². The summed E-state index contributed by atoms with van der Waals surface area (Å²) in [4.78, 5) is 13.0. The van der Waals surface area contributed by atoms with E-state index in [0.717, 1.165) is 64.2 Å². The van der Waals surface area contributed by atoms with Crippen molar-refractivity contribution in [2.45, 2.75) is 236 Å². The predicted octanol–water partition coefficient (Wildman–Crippen LogP) is 6.67. The first-order valence-electron chi connectivity index (χ1n) is 22.2. The van der Waals surface area contributed by atoms with E-state index in [4.69, 9.17) is 9.47 Å². The van der Waals surface area contributed by atoms with E-state index in [2.05, 4.69) is 43.5 Å². The van der Waals surface area contributed by atoms with Gasteiger partial charge in [-0.3, -0.25) is 4.79 Å². The van der Waals surface area contributed by atoms with Gasteiger partial charge in [0.15, 0.2) is 6.29 Å². The van der Waals surface area contributed by atoms with Crippen LogP contribution in [0.5, 0.6) is 0 Å². The Bertz CT molecular complexity index is 950. The molecule has 8 N–H and O–H groups in total. The Morgan fingerprint density at radius 3 is 1.65 bits per heavy atom. The molecule has 11 heteroatoms. The highest BCUT2D eigenvalue weighted by atomic mass is 16.7. The maximum absolute atomic E-state index is 13.0. The normalized spacial score (nSPS) is 22.7. The van der Waals surface area contributed by atoms with Gasteiger partial charge >= 0.3 is 0 Å². The smallest absolute Gasteiger partial charge is 0.249 e. The third-order valence-corrected chi connectivity index (χ3v) is 10.8. The minimum Gasteiger partial charge on any atom is -0.394 e. The van der Waals surface area contributed by atoms with Crippen molar-refractivity contribution in [1.29, 1.82) is 0 Å². The van der Waals surface area contributed by atoms with Gasteiger partial charge in [0.1, 0.15) is 36.6 Å². The zero-order valence-electron chi connectivity index (χ0n) is 34.7. The van der Waals surface area contributed by atoms with E-state index in [9.17, 15) is 40.5 Å². The first-order chi connectivity index (χ1) is 26.7. The molecule has 0 aromatic heterocycles. The highest BCUT2D eigenvalue weighted by Gasteiger charge is 2.44. The molecule has 1 fully saturated rings. The van der Waals surface area contributed by atoms with Crippen LogP contribution in [0.3, 0.4) is 0 Å². The van der Waals surface area contributed by atoms with Crippen LogP contribution in [0.15, 0.2) is 24.3 Å². The second-order valence-electron chi connectivity index (χ2n) is 15.8. The molecule has 324 valence electrons. The van der Waals surface area contributed by atoms with E-state index in [-0.39, 0.29) is 6.42 Å². The topological polar surface area (TPSA) is 189 Å². The summed E-state index contributed by atoms with van der Waals surface area (Å²) in [7, 11) is 0. The van der Waals surface area contributed by atoms with E-state index < -0.39 is 74.2 Å². The number of rotatable bonds is 36. The molecule has 0 spiro atoms. The van der Waals surface area contributed by atoms with Crippen LogP contribution in [0.25, 0.3) is 0 Å². The molecular formula is C44H83NO10. The molecule has 0 radical (unpaired) electrons. The number of allylic oxidation sites excluding steroid dienone is 4. The monoisotopic (exact) mass is 786 g/mol. The van der Waals surface area contributed by atoms with Crippen molar-refractivity contribution in [3.8, 4) is 0 Å². The molecule has 0 saturated carbocycles. The van der Waals surface area contributed by atoms with Gasteiger partial charge in [0, 0.05) is 0 Å². The van der Waals surface area contributed by atoms with E-state index in [0.29, 0.717) is 19.3 Å². The molecule has 1 saturated heterocycles. The molecule has 0 aromatic carbocycles. The van der Waals surface area contributed by atoms with Crippen LogP contribution in [0.1, 0.15) is 181 Å². The molecule has 0 bridgehead atoms. The van der Waals surface area contributed by atoms with Crippen LogP contribution in [-0.4, -0.2) is 110 Å². The van der Waals surface area contributed by atoms with E-state index >= 15 is 0 Å². The summed E-state index contributed by atoms with van der Waals surface area (Å²) in [6, 6.07) is -1.17. The molecule has 11 nitrogen and oxygen atoms in total. The fourth-order valence-electron chi connectivity index (χ4n) is 7.00. The first-order valence-corrected chi connectivity index (χ1v) is 22.2. The second kappa shape index (κ2) is 34.6. The minimum atomic E-state index is -1.66. The molecule has 1 amide bonds. The summed E-state index contributed by atoms with van der Waals surface area (Å²) in [6.07, 6.45) is 25.1. The van der Waals surface area contributed by atoms with Gasteiger partial charge in [-0.25, -0.2) is 0 Å². The number of hydrogen-bond acceptors (Lipinski definition) is 10. The van der Waals surface area contributed by atoms with Crippen LogP contribution in [0.4, 0.5) is 0 Å². The number of unbranched alkanes of at least 4 members (excludes halogenated alkanes) is 20. The minimum absolute atomic E-state index is 0.248. The Labute approximate surface area is 334 Å². The number of carbonyl (C=O) groups excluding carboxylic acids is 1. The Balaban J connectivity index is 2.49. The number of hydrogen-bond donors (Lipinski definition) is 8. The van der Waals surface area contributed by atoms with Crippen molar-refractivity contribution in [1.82, 2.24) is 5.32 Å². The fourth-order valence-corrected chi connectivity index (χ4v) is 7.00. The van der Waals surface area contributed by atoms with Crippen molar-refractivity contribution in [3.63, 3.8) is 0 Å². The Kier molecular flexibility index (Phi) is 32.5. The zero-order chi connectivity index (χ0) is 40.5. The van der Waals surface area contributed by atoms with E-state index in [1.165, 1.54) is 77.0 Å². The second-order valence-corrected chi connectivity index (χ2v) is 15.8. The molecular weight excluding hydrogens is 702 g/mol. The number of ether oxygens (including phenoxy) is 2. The number of aliphatic hydroxyl groups is 7. The van der Waals surface area contributed by atoms with Gasteiger partial charge in [-0.05, 0) is 44.9 Å². The molecule has 0 aromatic rings. The van der Waals surface area contributed by atoms with Crippen LogP contribution >= 0.6 is 0 Å². The third kappa shape index (κ3) is 24.9. The lowest BCUT2D eigenvalue weighted by molar-refractivity contribution is -0.303. The van der Waals surface area contributed by atoms with Crippen molar-refractivity contribution in [3.05, 3.63) is 24.3 Å².